The minimum atomic E-state index is -0.648. The number of unbranched alkanes of at least 4 members (excludes halogenated alkanes) is 1. The monoisotopic (exact) mass is 303 g/mol. The first kappa shape index (κ1) is 17.2. The molecule has 0 saturated carbocycles. The molecule has 0 spiro atoms. The van der Waals surface area contributed by atoms with Crippen LogP contribution in [0, 0.1) is 0 Å². The summed E-state index contributed by atoms with van der Waals surface area (Å²) < 4.78 is 5.51. The minimum absolute atomic E-state index is 0.648. The smallest absolute Gasteiger partial charge is 0.0920 e. The number of hydrogen-bond acceptors (Lipinski definition) is 3. The van der Waals surface area contributed by atoms with Crippen LogP contribution < -0.4 is 0 Å². The lowest BCUT2D eigenvalue weighted by Gasteiger charge is -2.38. The van der Waals surface area contributed by atoms with Crippen molar-refractivity contribution in [2.75, 3.05) is 32.8 Å². The zero-order valence-corrected chi connectivity index (χ0v) is 13.7. The van der Waals surface area contributed by atoms with E-state index in [0.29, 0.717) is 6.61 Å². The molecule has 122 valence electrons. The second-order valence-corrected chi connectivity index (χ2v) is 6.10. The third-order valence-electron chi connectivity index (χ3n) is 4.38. The highest BCUT2D eigenvalue weighted by Crippen LogP contribution is 2.32. The number of hydrogen-bond donors (Lipinski definition) is 1. The minimum Gasteiger partial charge on any atom is -0.385 e. The molecule has 2 rings (SSSR count). The Bertz CT molecular complexity index is 436. The van der Waals surface area contributed by atoms with Crippen molar-refractivity contribution in [1.29, 1.82) is 0 Å². The molecular weight excluding hydrogens is 274 g/mol. The van der Waals surface area contributed by atoms with Crippen molar-refractivity contribution >= 4 is 0 Å². The number of aliphatic hydroxyl groups is 1. The quantitative estimate of drug-likeness (QED) is 0.590. The van der Waals surface area contributed by atoms with Crippen molar-refractivity contribution in [2.24, 2.45) is 0 Å². The molecule has 1 fully saturated rings. The zero-order chi connectivity index (χ0) is 15.7. The van der Waals surface area contributed by atoms with Gasteiger partial charge in [-0.3, -0.25) is 4.90 Å². The lowest BCUT2D eigenvalue weighted by molar-refractivity contribution is -0.0234. The van der Waals surface area contributed by atoms with Gasteiger partial charge in [0.25, 0.3) is 0 Å². The van der Waals surface area contributed by atoms with Crippen LogP contribution in [0.1, 0.15) is 38.2 Å². The van der Waals surface area contributed by atoms with Crippen LogP contribution in [0.2, 0.25) is 0 Å². The first-order chi connectivity index (χ1) is 10.7. The summed E-state index contributed by atoms with van der Waals surface area (Å²) in [5.41, 5.74) is 0.402. The molecule has 1 aliphatic heterocycles. The largest absolute Gasteiger partial charge is 0.385 e. The summed E-state index contributed by atoms with van der Waals surface area (Å²) in [6.07, 6.45) is 8.21. The Hall–Kier alpha value is -1.16. The number of piperidine rings is 1. The molecule has 0 atom stereocenters. The molecule has 0 radical (unpaired) electrons. The summed E-state index contributed by atoms with van der Waals surface area (Å²) in [7, 11) is 0. The van der Waals surface area contributed by atoms with Gasteiger partial charge in [0, 0.05) is 26.2 Å². The van der Waals surface area contributed by atoms with Crippen molar-refractivity contribution in [3.63, 3.8) is 0 Å². The normalized spacial score (nSPS) is 18.8. The van der Waals surface area contributed by atoms with E-state index in [9.17, 15) is 5.11 Å². The molecule has 0 amide bonds. The van der Waals surface area contributed by atoms with Crippen LogP contribution in [0.3, 0.4) is 0 Å². The van der Waals surface area contributed by atoms with Gasteiger partial charge < -0.3 is 9.84 Å². The Balaban J connectivity index is 1.68. The van der Waals surface area contributed by atoms with E-state index in [1.54, 1.807) is 0 Å². The predicted octanol–water partition coefficient (Wildman–Crippen LogP) is 3.34. The van der Waals surface area contributed by atoms with Gasteiger partial charge in [-0.25, -0.2) is 0 Å². The molecule has 3 nitrogen and oxygen atoms in total. The van der Waals surface area contributed by atoms with Gasteiger partial charge in [0.1, 0.15) is 0 Å². The highest BCUT2D eigenvalue weighted by molar-refractivity contribution is 5.23. The molecule has 0 aliphatic carbocycles. The summed E-state index contributed by atoms with van der Waals surface area (Å²) in [5, 5.41) is 10.8. The molecule has 1 aliphatic rings. The van der Waals surface area contributed by atoms with E-state index in [-0.39, 0.29) is 0 Å². The topological polar surface area (TPSA) is 32.7 Å². The van der Waals surface area contributed by atoms with E-state index in [4.69, 9.17) is 4.74 Å². The fraction of sp³-hybridized carbons (Fsp3) is 0.579. The van der Waals surface area contributed by atoms with Gasteiger partial charge in [0.2, 0.25) is 0 Å². The van der Waals surface area contributed by atoms with Crippen molar-refractivity contribution in [3.05, 3.63) is 48.0 Å². The molecule has 1 heterocycles. The Morgan fingerprint density at radius 3 is 2.59 bits per heavy atom. The second kappa shape index (κ2) is 9.09. The van der Waals surface area contributed by atoms with Gasteiger partial charge in [-0.2, -0.15) is 0 Å². The summed E-state index contributed by atoms with van der Waals surface area (Å²) in [6, 6.07) is 10.1. The van der Waals surface area contributed by atoms with Crippen LogP contribution in [0.5, 0.6) is 0 Å². The average molecular weight is 303 g/mol. The Morgan fingerprint density at radius 1 is 1.18 bits per heavy atom. The van der Waals surface area contributed by atoms with Crippen LogP contribution in [0.4, 0.5) is 0 Å². The third-order valence-corrected chi connectivity index (χ3v) is 4.38. The van der Waals surface area contributed by atoms with E-state index < -0.39 is 5.60 Å². The van der Waals surface area contributed by atoms with Gasteiger partial charge in [-0.05, 0) is 24.8 Å². The fourth-order valence-corrected chi connectivity index (χ4v) is 2.83. The average Bonchev–Trinajstić information content (AvgIpc) is 2.57. The van der Waals surface area contributed by atoms with Crippen LogP contribution in [0.15, 0.2) is 42.5 Å². The van der Waals surface area contributed by atoms with Crippen molar-refractivity contribution in [3.8, 4) is 0 Å². The van der Waals surface area contributed by atoms with Crippen LogP contribution in [-0.4, -0.2) is 42.9 Å². The van der Waals surface area contributed by atoms with Gasteiger partial charge >= 0.3 is 0 Å². The summed E-state index contributed by atoms with van der Waals surface area (Å²) in [4.78, 5) is 2.39. The first-order valence-electron chi connectivity index (χ1n) is 8.47. The third kappa shape index (κ3) is 5.24. The molecule has 1 N–H and O–H groups in total. The van der Waals surface area contributed by atoms with Crippen molar-refractivity contribution in [1.82, 2.24) is 4.90 Å². The molecule has 22 heavy (non-hydrogen) atoms. The maximum atomic E-state index is 10.8. The Morgan fingerprint density at radius 2 is 1.91 bits per heavy atom. The lowest BCUT2D eigenvalue weighted by atomic mass is 9.84. The van der Waals surface area contributed by atoms with Gasteiger partial charge in [0.05, 0.1) is 12.2 Å². The maximum Gasteiger partial charge on any atom is 0.0920 e. The maximum absolute atomic E-state index is 10.8. The van der Waals surface area contributed by atoms with Crippen molar-refractivity contribution < 1.29 is 9.84 Å². The SMILES string of the molecule is CCCCOCC=CCN1CCC(O)(c2ccccc2)CC1. The van der Waals surface area contributed by atoms with E-state index in [1.807, 2.05) is 30.3 Å². The lowest BCUT2D eigenvalue weighted by Crippen LogP contribution is -2.42. The fourth-order valence-electron chi connectivity index (χ4n) is 2.83. The van der Waals surface area contributed by atoms with E-state index >= 15 is 0 Å². The van der Waals surface area contributed by atoms with Gasteiger partial charge in [0.15, 0.2) is 0 Å². The molecule has 1 aromatic carbocycles. The molecular formula is C19H29NO2. The van der Waals surface area contributed by atoms with Crippen LogP contribution >= 0.6 is 0 Å². The first-order valence-corrected chi connectivity index (χ1v) is 8.47. The van der Waals surface area contributed by atoms with Gasteiger partial charge in [-0.15, -0.1) is 0 Å². The highest BCUT2D eigenvalue weighted by atomic mass is 16.5. The second-order valence-electron chi connectivity index (χ2n) is 6.10. The standard InChI is InChI=1S/C19H29NO2/c1-2-3-16-22-17-8-7-13-20-14-11-19(21,12-15-20)18-9-5-4-6-10-18/h4-10,21H,2-3,11-17H2,1H3. The Kier molecular flexibility index (Phi) is 7.10. The molecule has 3 heteroatoms. The molecule has 1 saturated heterocycles. The van der Waals surface area contributed by atoms with Crippen LogP contribution in [0.25, 0.3) is 0 Å². The molecule has 0 aromatic heterocycles. The Labute approximate surface area is 134 Å². The molecule has 1 aromatic rings. The number of likely N-dealkylation sites (tertiary alicyclic amines) is 1. The van der Waals surface area contributed by atoms with E-state index in [1.165, 1.54) is 6.42 Å². The zero-order valence-electron chi connectivity index (χ0n) is 13.7. The number of benzene rings is 1. The highest BCUT2D eigenvalue weighted by Gasteiger charge is 2.33. The summed E-state index contributed by atoms with van der Waals surface area (Å²) >= 11 is 0. The van der Waals surface area contributed by atoms with E-state index in [2.05, 4.69) is 24.0 Å². The number of ether oxygens (including phenoxy) is 1. The predicted molar refractivity (Wildman–Crippen MR) is 90.9 cm³/mol. The summed E-state index contributed by atoms with van der Waals surface area (Å²) in [5.74, 6) is 0. The molecule has 0 unspecified atom stereocenters. The van der Waals surface area contributed by atoms with E-state index in [0.717, 1.165) is 51.1 Å². The summed E-state index contributed by atoms with van der Waals surface area (Å²) in [6.45, 7) is 6.56. The van der Waals surface area contributed by atoms with Crippen LogP contribution in [-0.2, 0) is 10.3 Å². The number of nitrogens with zero attached hydrogens (tertiary/aromatic N) is 1. The molecule has 0 bridgehead atoms. The van der Waals surface area contributed by atoms with Gasteiger partial charge in [-0.1, -0.05) is 55.8 Å². The number of rotatable bonds is 8. The van der Waals surface area contributed by atoms with Crippen molar-refractivity contribution in [2.45, 2.75) is 38.2 Å².